The first-order valence-corrected chi connectivity index (χ1v) is 5.51. The first-order chi connectivity index (χ1) is 7.72. The number of carboxylic acids is 1. The Morgan fingerprint density at radius 2 is 1.94 bits per heavy atom. The van der Waals surface area contributed by atoms with E-state index in [4.69, 9.17) is 9.84 Å². The zero-order valence-corrected chi connectivity index (χ0v) is 10.9. The molecule has 17 heavy (non-hydrogen) atoms. The van der Waals surface area contributed by atoms with Crippen LogP contribution in [0.4, 0.5) is 4.79 Å². The Bertz CT molecular complexity index is 261. The Hall–Kier alpha value is -1.30. The Morgan fingerprint density at radius 3 is 2.41 bits per heavy atom. The quantitative estimate of drug-likeness (QED) is 0.679. The molecular weight excluding hydrogens is 224 g/mol. The van der Waals surface area contributed by atoms with Gasteiger partial charge in [0.2, 0.25) is 0 Å². The second-order valence-electron chi connectivity index (χ2n) is 5.09. The predicted molar refractivity (Wildman–Crippen MR) is 63.9 cm³/mol. The van der Waals surface area contributed by atoms with E-state index >= 15 is 0 Å². The van der Waals surface area contributed by atoms with Gasteiger partial charge in [0.15, 0.2) is 0 Å². The van der Waals surface area contributed by atoms with Crippen molar-refractivity contribution >= 4 is 12.0 Å². The second-order valence-corrected chi connectivity index (χ2v) is 5.09. The lowest BCUT2D eigenvalue weighted by Gasteiger charge is -2.26. The Balaban J connectivity index is 3.68. The lowest BCUT2D eigenvalue weighted by Crippen LogP contribution is -2.42. The summed E-state index contributed by atoms with van der Waals surface area (Å²) in [7, 11) is 1.72. The molecule has 0 saturated carbocycles. The van der Waals surface area contributed by atoms with E-state index in [2.05, 4.69) is 5.32 Å². The highest BCUT2D eigenvalue weighted by atomic mass is 16.5. The van der Waals surface area contributed by atoms with E-state index < -0.39 is 5.97 Å². The first kappa shape index (κ1) is 15.7. The summed E-state index contributed by atoms with van der Waals surface area (Å²) < 4.78 is 4.79. The minimum absolute atomic E-state index is 0.0475. The van der Waals surface area contributed by atoms with Gasteiger partial charge in [0.05, 0.1) is 6.61 Å². The molecule has 100 valence electrons. The van der Waals surface area contributed by atoms with Crippen molar-refractivity contribution in [3.63, 3.8) is 0 Å². The van der Waals surface area contributed by atoms with Crippen LogP contribution >= 0.6 is 0 Å². The van der Waals surface area contributed by atoms with Gasteiger partial charge in [0, 0.05) is 20.1 Å². The number of rotatable bonds is 6. The zero-order chi connectivity index (χ0) is 13.5. The lowest BCUT2D eigenvalue weighted by atomic mass is 9.96. The van der Waals surface area contributed by atoms with Gasteiger partial charge in [0.25, 0.3) is 0 Å². The van der Waals surface area contributed by atoms with E-state index in [1.807, 2.05) is 20.8 Å². The van der Waals surface area contributed by atoms with Gasteiger partial charge in [-0.25, -0.2) is 9.59 Å². The molecule has 6 heteroatoms. The molecule has 0 spiro atoms. The molecule has 0 bridgehead atoms. The summed E-state index contributed by atoms with van der Waals surface area (Å²) in [5.74, 6) is -1.01. The summed E-state index contributed by atoms with van der Waals surface area (Å²) in [6, 6.07) is -0.182. The molecular formula is C11H22N2O4. The Morgan fingerprint density at radius 1 is 1.35 bits per heavy atom. The van der Waals surface area contributed by atoms with Crippen LogP contribution in [0.25, 0.3) is 0 Å². The molecule has 0 radical (unpaired) electrons. The van der Waals surface area contributed by atoms with Crippen LogP contribution in [-0.4, -0.2) is 55.4 Å². The molecule has 0 aliphatic rings. The number of ether oxygens (including phenoxy) is 1. The highest BCUT2D eigenvalue weighted by Gasteiger charge is 2.16. The fraction of sp³-hybridized carbons (Fsp3) is 0.818. The van der Waals surface area contributed by atoms with Crippen LogP contribution in [0.1, 0.15) is 20.8 Å². The zero-order valence-electron chi connectivity index (χ0n) is 10.9. The summed E-state index contributed by atoms with van der Waals surface area (Å²) in [5, 5.41) is 11.0. The molecule has 0 aromatic carbocycles. The molecule has 0 saturated heterocycles. The number of carbonyl (C=O) groups is 2. The normalized spacial score (nSPS) is 11.1. The third-order valence-electron chi connectivity index (χ3n) is 1.81. The molecule has 0 aliphatic heterocycles. The number of nitrogens with zero attached hydrogens (tertiary/aromatic N) is 1. The minimum atomic E-state index is -1.01. The van der Waals surface area contributed by atoms with Crippen molar-refractivity contribution in [1.29, 1.82) is 0 Å². The molecule has 2 N–H and O–H groups in total. The molecule has 2 amide bonds. The average Bonchev–Trinajstić information content (AvgIpc) is 2.13. The molecule has 0 aliphatic carbocycles. The number of hydrogen-bond donors (Lipinski definition) is 2. The van der Waals surface area contributed by atoms with Gasteiger partial charge in [-0.15, -0.1) is 0 Å². The van der Waals surface area contributed by atoms with Gasteiger partial charge in [-0.3, -0.25) is 0 Å². The van der Waals surface area contributed by atoms with Crippen LogP contribution in [0.3, 0.4) is 0 Å². The fourth-order valence-corrected chi connectivity index (χ4v) is 1.31. The van der Waals surface area contributed by atoms with Crippen molar-refractivity contribution < 1.29 is 19.4 Å². The SMILES string of the molecule is CN(CC(C)(C)C)C(=O)NCCOCC(=O)O. The van der Waals surface area contributed by atoms with Crippen LogP contribution in [0.2, 0.25) is 0 Å². The van der Waals surface area contributed by atoms with Gasteiger partial charge in [-0.2, -0.15) is 0 Å². The van der Waals surface area contributed by atoms with Gasteiger partial charge in [-0.05, 0) is 5.41 Å². The maximum atomic E-state index is 11.6. The monoisotopic (exact) mass is 246 g/mol. The van der Waals surface area contributed by atoms with Crippen molar-refractivity contribution in [3.8, 4) is 0 Å². The highest BCUT2D eigenvalue weighted by molar-refractivity contribution is 5.73. The number of carboxylic acid groups (broad SMARTS) is 1. The molecule has 0 rings (SSSR count). The lowest BCUT2D eigenvalue weighted by molar-refractivity contribution is -0.142. The smallest absolute Gasteiger partial charge is 0.329 e. The van der Waals surface area contributed by atoms with Crippen molar-refractivity contribution in [2.75, 3.05) is 33.4 Å². The summed E-state index contributed by atoms with van der Waals surface area (Å²) in [4.78, 5) is 23.3. The van der Waals surface area contributed by atoms with Gasteiger partial charge >= 0.3 is 12.0 Å². The van der Waals surface area contributed by atoms with Crippen LogP contribution in [0.15, 0.2) is 0 Å². The second kappa shape index (κ2) is 7.11. The standard InChI is InChI=1S/C11H22N2O4/c1-11(2,3)8-13(4)10(16)12-5-6-17-7-9(14)15/h5-8H2,1-4H3,(H,12,16)(H,14,15). The van der Waals surface area contributed by atoms with Crippen molar-refractivity contribution in [3.05, 3.63) is 0 Å². The third-order valence-corrected chi connectivity index (χ3v) is 1.81. The van der Waals surface area contributed by atoms with E-state index in [9.17, 15) is 9.59 Å². The third kappa shape index (κ3) is 9.62. The van der Waals surface area contributed by atoms with E-state index in [-0.39, 0.29) is 24.7 Å². The molecule has 0 heterocycles. The largest absolute Gasteiger partial charge is 0.480 e. The molecule has 0 unspecified atom stereocenters. The van der Waals surface area contributed by atoms with Crippen LogP contribution in [0.5, 0.6) is 0 Å². The van der Waals surface area contributed by atoms with E-state index in [1.54, 1.807) is 11.9 Å². The van der Waals surface area contributed by atoms with Crippen molar-refractivity contribution in [2.24, 2.45) is 5.41 Å². The van der Waals surface area contributed by atoms with E-state index in [0.717, 1.165) is 0 Å². The van der Waals surface area contributed by atoms with Crippen LogP contribution in [-0.2, 0) is 9.53 Å². The Kier molecular flexibility index (Phi) is 6.57. The molecule has 0 fully saturated rings. The Labute approximate surface area is 102 Å². The van der Waals surface area contributed by atoms with Crippen molar-refractivity contribution in [2.45, 2.75) is 20.8 Å². The number of aliphatic carboxylic acids is 1. The number of nitrogens with one attached hydrogen (secondary N) is 1. The topological polar surface area (TPSA) is 78.9 Å². The molecule has 0 aromatic heterocycles. The average molecular weight is 246 g/mol. The summed E-state index contributed by atoms with van der Waals surface area (Å²) in [5.41, 5.74) is 0.0475. The fourth-order valence-electron chi connectivity index (χ4n) is 1.31. The summed E-state index contributed by atoms with van der Waals surface area (Å²) in [6.45, 7) is 6.96. The van der Waals surface area contributed by atoms with E-state index in [1.165, 1.54) is 0 Å². The van der Waals surface area contributed by atoms with E-state index in [0.29, 0.717) is 13.1 Å². The molecule has 0 aromatic rings. The number of carbonyl (C=O) groups excluding carboxylic acids is 1. The van der Waals surface area contributed by atoms with Gasteiger partial charge in [-0.1, -0.05) is 20.8 Å². The van der Waals surface area contributed by atoms with Crippen molar-refractivity contribution in [1.82, 2.24) is 10.2 Å². The van der Waals surface area contributed by atoms with Gasteiger partial charge < -0.3 is 20.1 Å². The minimum Gasteiger partial charge on any atom is -0.480 e. The molecule has 6 nitrogen and oxygen atoms in total. The number of hydrogen-bond acceptors (Lipinski definition) is 3. The molecule has 0 atom stereocenters. The van der Waals surface area contributed by atoms with Gasteiger partial charge in [0.1, 0.15) is 6.61 Å². The van der Waals surface area contributed by atoms with Crippen LogP contribution in [0, 0.1) is 5.41 Å². The highest BCUT2D eigenvalue weighted by Crippen LogP contribution is 2.13. The number of amides is 2. The summed E-state index contributed by atoms with van der Waals surface area (Å²) >= 11 is 0. The maximum Gasteiger partial charge on any atom is 0.329 e. The maximum absolute atomic E-state index is 11.6. The summed E-state index contributed by atoms with van der Waals surface area (Å²) in [6.07, 6.45) is 0. The predicted octanol–water partition coefficient (Wildman–Crippen LogP) is 0.775. The number of urea groups is 1. The van der Waals surface area contributed by atoms with Crippen LogP contribution < -0.4 is 5.32 Å². The first-order valence-electron chi connectivity index (χ1n) is 5.51.